The SMILES string of the molecule is C=C(/C(C)=C/C)c1cccc(F)c1C(C)(C)C(C)(C)C. The van der Waals surface area contributed by atoms with Crippen LogP contribution >= 0.6 is 0 Å². The first-order valence-electron chi connectivity index (χ1n) is 7.15. The molecule has 0 saturated carbocycles. The molecule has 0 fully saturated rings. The molecule has 0 saturated heterocycles. The summed E-state index contributed by atoms with van der Waals surface area (Å²) in [5.41, 5.74) is 3.33. The van der Waals surface area contributed by atoms with Crippen LogP contribution in [0.15, 0.2) is 36.4 Å². The van der Waals surface area contributed by atoms with Crippen molar-refractivity contribution in [3.05, 3.63) is 53.4 Å². The van der Waals surface area contributed by atoms with Gasteiger partial charge in [-0.25, -0.2) is 4.39 Å². The van der Waals surface area contributed by atoms with Crippen LogP contribution in [-0.4, -0.2) is 0 Å². The van der Waals surface area contributed by atoms with E-state index < -0.39 is 0 Å². The second-order valence-electron chi connectivity index (χ2n) is 6.99. The van der Waals surface area contributed by atoms with Gasteiger partial charge in [-0.05, 0) is 47.5 Å². The van der Waals surface area contributed by atoms with Crippen LogP contribution in [0.2, 0.25) is 0 Å². The van der Waals surface area contributed by atoms with E-state index in [4.69, 9.17) is 0 Å². The molecule has 110 valence electrons. The van der Waals surface area contributed by atoms with E-state index in [-0.39, 0.29) is 16.6 Å². The molecule has 0 heterocycles. The molecule has 0 aliphatic rings. The predicted molar refractivity (Wildman–Crippen MR) is 87.3 cm³/mol. The van der Waals surface area contributed by atoms with Gasteiger partial charge in [0.1, 0.15) is 5.82 Å². The molecular weight excluding hydrogens is 247 g/mol. The van der Waals surface area contributed by atoms with E-state index in [1.807, 2.05) is 26.0 Å². The zero-order valence-corrected chi connectivity index (χ0v) is 13.9. The van der Waals surface area contributed by atoms with Crippen LogP contribution in [-0.2, 0) is 5.41 Å². The third kappa shape index (κ3) is 2.87. The summed E-state index contributed by atoms with van der Waals surface area (Å²) in [6, 6.07) is 5.28. The van der Waals surface area contributed by atoms with E-state index in [2.05, 4.69) is 41.2 Å². The molecule has 0 nitrogen and oxygen atoms in total. The first-order chi connectivity index (χ1) is 9.04. The number of hydrogen-bond donors (Lipinski definition) is 0. The summed E-state index contributed by atoms with van der Waals surface area (Å²) in [6.45, 7) is 18.8. The van der Waals surface area contributed by atoms with E-state index in [1.165, 1.54) is 0 Å². The van der Waals surface area contributed by atoms with E-state index in [0.717, 1.165) is 22.3 Å². The zero-order valence-electron chi connectivity index (χ0n) is 13.9. The fourth-order valence-electron chi connectivity index (χ4n) is 2.17. The second-order valence-corrected chi connectivity index (χ2v) is 6.99. The monoisotopic (exact) mass is 274 g/mol. The summed E-state index contributed by atoms with van der Waals surface area (Å²) in [5.74, 6) is -0.146. The van der Waals surface area contributed by atoms with Gasteiger partial charge in [-0.15, -0.1) is 0 Å². The van der Waals surface area contributed by atoms with Crippen molar-refractivity contribution in [2.45, 2.75) is 53.9 Å². The van der Waals surface area contributed by atoms with Crippen molar-refractivity contribution in [1.29, 1.82) is 0 Å². The van der Waals surface area contributed by atoms with Crippen LogP contribution in [0.3, 0.4) is 0 Å². The molecule has 0 atom stereocenters. The first kappa shape index (κ1) is 16.7. The van der Waals surface area contributed by atoms with Crippen molar-refractivity contribution in [3.63, 3.8) is 0 Å². The number of rotatable bonds is 3. The van der Waals surface area contributed by atoms with Gasteiger partial charge in [0.15, 0.2) is 0 Å². The molecule has 1 aromatic carbocycles. The smallest absolute Gasteiger partial charge is 0.127 e. The molecule has 0 N–H and O–H groups in total. The van der Waals surface area contributed by atoms with Crippen LogP contribution in [0.5, 0.6) is 0 Å². The Hall–Kier alpha value is -1.37. The maximum atomic E-state index is 14.5. The molecule has 0 bridgehead atoms. The Labute approximate surface area is 123 Å². The van der Waals surface area contributed by atoms with Crippen LogP contribution < -0.4 is 0 Å². The van der Waals surface area contributed by atoms with Gasteiger partial charge in [0.05, 0.1) is 0 Å². The maximum Gasteiger partial charge on any atom is 0.127 e. The van der Waals surface area contributed by atoms with Crippen molar-refractivity contribution in [1.82, 2.24) is 0 Å². The fraction of sp³-hybridized carbons (Fsp3) is 0.474. The second kappa shape index (κ2) is 5.55. The first-order valence-corrected chi connectivity index (χ1v) is 7.15. The lowest BCUT2D eigenvalue weighted by Crippen LogP contribution is -2.35. The molecule has 0 aliphatic heterocycles. The summed E-state index contributed by atoms with van der Waals surface area (Å²) in [6.07, 6.45) is 2.01. The highest BCUT2D eigenvalue weighted by molar-refractivity contribution is 5.79. The van der Waals surface area contributed by atoms with Crippen LogP contribution in [0.4, 0.5) is 4.39 Å². The third-order valence-electron chi connectivity index (χ3n) is 4.75. The van der Waals surface area contributed by atoms with Crippen molar-refractivity contribution in [2.24, 2.45) is 5.41 Å². The van der Waals surface area contributed by atoms with Gasteiger partial charge >= 0.3 is 0 Å². The van der Waals surface area contributed by atoms with E-state index >= 15 is 0 Å². The van der Waals surface area contributed by atoms with Gasteiger partial charge in [-0.1, -0.05) is 59.4 Å². The zero-order chi connectivity index (χ0) is 15.7. The summed E-state index contributed by atoms with van der Waals surface area (Å²) < 4.78 is 14.5. The average Bonchev–Trinajstić information content (AvgIpc) is 2.34. The van der Waals surface area contributed by atoms with Gasteiger partial charge in [0.25, 0.3) is 0 Å². The number of halogens is 1. The van der Waals surface area contributed by atoms with Crippen LogP contribution in [0, 0.1) is 11.2 Å². The molecular formula is C19H27F. The van der Waals surface area contributed by atoms with Crippen LogP contribution in [0.25, 0.3) is 5.57 Å². The Morgan fingerprint density at radius 2 is 1.70 bits per heavy atom. The fourth-order valence-corrected chi connectivity index (χ4v) is 2.17. The van der Waals surface area contributed by atoms with Gasteiger partial charge in [0, 0.05) is 5.56 Å². The standard InChI is InChI=1S/C19H27F/c1-9-13(2)14(3)15-11-10-12-16(20)17(15)19(7,8)18(4,5)6/h9-12H,3H2,1-2,4-8H3/b13-9+. The van der Waals surface area contributed by atoms with Crippen molar-refractivity contribution < 1.29 is 4.39 Å². The van der Waals surface area contributed by atoms with E-state index in [1.54, 1.807) is 12.1 Å². The largest absolute Gasteiger partial charge is 0.207 e. The quantitative estimate of drug-likeness (QED) is 0.582. The highest BCUT2D eigenvalue weighted by atomic mass is 19.1. The summed E-state index contributed by atoms with van der Waals surface area (Å²) in [4.78, 5) is 0. The highest BCUT2D eigenvalue weighted by Crippen LogP contribution is 2.45. The minimum Gasteiger partial charge on any atom is -0.207 e. The minimum absolute atomic E-state index is 0.0476. The Morgan fingerprint density at radius 3 is 2.15 bits per heavy atom. The Kier molecular flexibility index (Phi) is 4.63. The molecule has 0 aromatic heterocycles. The summed E-state index contributed by atoms with van der Waals surface area (Å²) in [5, 5.41) is 0. The Morgan fingerprint density at radius 1 is 1.15 bits per heavy atom. The molecule has 0 spiro atoms. The van der Waals surface area contributed by atoms with Crippen molar-refractivity contribution >= 4 is 5.57 Å². The normalized spacial score (nSPS) is 13.5. The van der Waals surface area contributed by atoms with E-state index in [9.17, 15) is 4.39 Å². The molecule has 1 rings (SSSR count). The lowest BCUT2D eigenvalue weighted by Gasteiger charge is -2.41. The third-order valence-corrected chi connectivity index (χ3v) is 4.75. The molecule has 1 heteroatoms. The number of hydrogen-bond acceptors (Lipinski definition) is 0. The number of allylic oxidation sites excluding steroid dienone is 3. The molecule has 0 amide bonds. The predicted octanol–water partition coefficient (Wildman–Crippen LogP) is 6.13. The lowest BCUT2D eigenvalue weighted by atomic mass is 9.63. The van der Waals surface area contributed by atoms with Crippen molar-refractivity contribution in [3.8, 4) is 0 Å². The van der Waals surface area contributed by atoms with Crippen LogP contribution in [0.1, 0.15) is 59.6 Å². The van der Waals surface area contributed by atoms with Gasteiger partial charge in [-0.2, -0.15) is 0 Å². The summed E-state index contributed by atoms with van der Waals surface area (Å²) >= 11 is 0. The average molecular weight is 274 g/mol. The van der Waals surface area contributed by atoms with Gasteiger partial charge < -0.3 is 0 Å². The molecule has 0 aliphatic carbocycles. The van der Waals surface area contributed by atoms with Crippen molar-refractivity contribution in [2.75, 3.05) is 0 Å². The maximum absolute atomic E-state index is 14.5. The molecule has 0 unspecified atom stereocenters. The Bertz CT molecular complexity index is 539. The highest BCUT2D eigenvalue weighted by Gasteiger charge is 2.38. The number of benzene rings is 1. The molecule has 0 radical (unpaired) electrons. The topological polar surface area (TPSA) is 0 Å². The molecule has 1 aromatic rings. The van der Waals surface area contributed by atoms with Gasteiger partial charge in [-0.3, -0.25) is 0 Å². The lowest BCUT2D eigenvalue weighted by molar-refractivity contribution is 0.218. The minimum atomic E-state index is -0.287. The van der Waals surface area contributed by atoms with E-state index in [0.29, 0.717) is 0 Å². The summed E-state index contributed by atoms with van der Waals surface area (Å²) in [7, 11) is 0. The Balaban J connectivity index is 3.60. The van der Waals surface area contributed by atoms with Gasteiger partial charge in [0.2, 0.25) is 0 Å². The molecule has 20 heavy (non-hydrogen) atoms.